The molecule has 10 heteroatoms. The van der Waals surface area contributed by atoms with Gasteiger partial charge >= 0.3 is 5.97 Å². The Balaban J connectivity index is 1.49. The van der Waals surface area contributed by atoms with E-state index in [4.69, 9.17) is 26.2 Å². The molecule has 0 saturated heterocycles. The summed E-state index contributed by atoms with van der Waals surface area (Å²) in [7, 11) is -1.96. The van der Waals surface area contributed by atoms with Crippen LogP contribution >= 0.6 is 11.6 Å². The fourth-order valence-electron chi connectivity index (χ4n) is 4.34. The lowest BCUT2D eigenvalue weighted by Crippen LogP contribution is -2.41. The lowest BCUT2D eigenvalue weighted by atomic mass is 10.1. The number of anilines is 2. The largest absolute Gasteiger partial charge is 0.489 e. The molecule has 37 heavy (non-hydrogen) atoms. The van der Waals surface area contributed by atoms with Gasteiger partial charge in [-0.3, -0.25) is 9.52 Å². The third-order valence-corrected chi connectivity index (χ3v) is 8.01. The first-order valence-corrected chi connectivity index (χ1v) is 13.5. The van der Waals surface area contributed by atoms with Crippen molar-refractivity contribution in [2.45, 2.75) is 38.2 Å². The molecule has 1 atom stereocenters. The highest BCUT2D eigenvalue weighted by Crippen LogP contribution is 2.34. The third kappa shape index (κ3) is 6.11. The maximum Gasteiger partial charge on any atom is 0.307 e. The first kappa shape index (κ1) is 26.6. The minimum Gasteiger partial charge on any atom is -0.489 e. The molecule has 1 aliphatic rings. The predicted octanol–water partition coefficient (Wildman–Crippen LogP) is 4.97. The van der Waals surface area contributed by atoms with Crippen molar-refractivity contribution < 1.29 is 27.8 Å². The lowest BCUT2D eigenvalue weighted by molar-refractivity contribution is -0.136. The van der Waals surface area contributed by atoms with Crippen molar-refractivity contribution in [1.29, 1.82) is 0 Å². The molecule has 0 spiro atoms. The number of benzene rings is 3. The molecule has 0 unspecified atom stereocenters. The molecule has 0 radical (unpaired) electrons. The Kier molecular flexibility index (Phi) is 7.57. The Labute approximate surface area is 221 Å². The average molecular weight is 545 g/mol. The molecule has 1 heterocycles. The maximum atomic E-state index is 13.2. The molecule has 0 fully saturated rings. The highest BCUT2D eigenvalue weighted by atomic mass is 35.5. The topological polar surface area (TPSA) is 105 Å². The van der Waals surface area contributed by atoms with E-state index < -0.39 is 16.0 Å². The van der Waals surface area contributed by atoms with E-state index in [1.807, 2.05) is 32.2 Å². The van der Waals surface area contributed by atoms with Crippen LogP contribution < -0.4 is 19.1 Å². The van der Waals surface area contributed by atoms with Crippen molar-refractivity contribution >= 4 is 39.0 Å². The minimum absolute atomic E-state index is 0.0927. The minimum atomic E-state index is -3.97. The summed E-state index contributed by atoms with van der Waals surface area (Å²) in [5.41, 5.74) is 3.96. The van der Waals surface area contributed by atoms with Gasteiger partial charge in [0.25, 0.3) is 10.0 Å². The molecular weight excluding hydrogens is 516 g/mol. The van der Waals surface area contributed by atoms with Crippen molar-refractivity contribution in [1.82, 2.24) is 0 Å². The van der Waals surface area contributed by atoms with Gasteiger partial charge in [-0.1, -0.05) is 17.7 Å². The van der Waals surface area contributed by atoms with Crippen molar-refractivity contribution in [2.75, 3.05) is 29.8 Å². The number of hydrogen-bond acceptors (Lipinski definition) is 6. The quantitative estimate of drug-likeness (QED) is 0.412. The first-order valence-electron chi connectivity index (χ1n) is 11.7. The average Bonchev–Trinajstić information content (AvgIpc) is 2.78. The van der Waals surface area contributed by atoms with Crippen LogP contribution in [0, 0.1) is 20.8 Å². The van der Waals surface area contributed by atoms with E-state index in [2.05, 4.69) is 9.62 Å². The third-order valence-electron chi connectivity index (χ3n) is 6.26. The van der Waals surface area contributed by atoms with Crippen LogP contribution in [0.5, 0.6) is 11.5 Å². The second-order valence-corrected chi connectivity index (χ2v) is 11.3. The summed E-state index contributed by atoms with van der Waals surface area (Å²) in [6.45, 7) is 6.50. The molecule has 8 nitrogen and oxygen atoms in total. The number of fused-ring (bicyclic) bond motifs is 1. The standard InChI is InChI=1S/C27H29ClN2O6S/c1-16-5-6-23-25(9-16)36-22(14-30(23)4)15-35-24-7-8-26(18(3)17(24)2)37(33,34)29-21-11-19(12-27(31)32)10-20(28)13-21/h5-11,13,22,29H,12,14-15H2,1-4H3,(H,31,32)/t22-/m0/s1. The lowest BCUT2D eigenvalue weighted by Gasteiger charge is -2.34. The fraction of sp³-hybridized carbons (Fsp3) is 0.296. The summed E-state index contributed by atoms with van der Waals surface area (Å²) in [5, 5.41) is 9.28. The Hall–Kier alpha value is -3.43. The number of aryl methyl sites for hydroxylation is 1. The molecule has 2 N–H and O–H groups in total. The maximum absolute atomic E-state index is 13.2. The molecule has 1 aliphatic heterocycles. The van der Waals surface area contributed by atoms with Gasteiger partial charge in [-0.05, 0) is 85.5 Å². The smallest absolute Gasteiger partial charge is 0.307 e. The zero-order valence-corrected chi connectivity index (χ0v) is 22.6. The predicted molar refractivity (Wildman–Crippen MR) is 144 cm³/mol. The van der Waals surface area contributed by atoms with E-state index in [1.54, 1.807) is 19.9 Å². The number of carboxylic acids is 1. The second kappa shape index (κ2) is 10.5. The summed E-state index contributed by atoms with van der Waals surface area (Å²) in [6, 6.07) is 13.6. The van der Waals surface area contributed by atoms with E-state index >= 15 is 0 Å². The number of carbonyl (C=O) groups is 1. The van der Waals surface area contributed by atoms with Crippen molar-refractivity contribution in [2.24, 2.45) is 0 Å². The molecule has 0 bridgehead atoms. The van der Waals surface area contributed by atoms with Crippen LogP contribution in [-0.2, 0) is 21.2 Å². The van der Waals surface area contributed by atoms with Gasteiger partial charge in [-0.15, -0.1) is 0 Å². The second-order valence-electron chi connectivity index (χ2n) is 9.24. The van der Waals surface area contributed by atoms with Gasteiger partial charge in [0, 0.05) is 12.1 Å². The van der Waals surface area contributed by atoms with Gasteiger partial charge in [-0.2, -0.15) is 0 Å². The summed E-state index contributed by atoms with van der Waals surface area (Å²) in [6.07, 6.45) is -0.461. The summed E-state index contributed by atoms with van der Waals surface area (Å²) in [4.78, 5) is 13.3. The monoisotopic (exact) mass is 544 g/mol. The molecule has 3 aromatic carbocycles. The molecule has 0 saturated carbocycles. The van der Waals surface area contributed by atoms with Gasteiger partial charge in [0.05, 0.1) is 29.2 Å². The van der Waals surface area contributed by atoms with Crippen LogP contribution in [0.3, 0.4) is 0 Å². The molecule has 0 aliphatic carbocycles. The van der Waals surface area contributed by atoms with Crippen LogP contribution in [0.4, 0.5) is 11.4 Å². The summed E-state index contributed by atoms with van der Waals surface area (Å²) in [5.74, 6) is 0.349. The number of halogens is 1. The van der Waals surface area contributed by atoms with E-state index in [0.717, 1.165) is 17.0 Å². The van der Waals surface area contributed by atoms with E-state index in [9.17, 15) is 13.2 Å². The molecular formula is C27H29ClN2O6S. The number of carboxylic acid groups (broad SMARTS) is 1. The Morgan fingerprint density at radius 1 is 1.14 bits per heavy atom. The van der Waals surface area contributed by atoms with Crippen LogP contribution in [0.15, 0.2) is 53.4 Å². The van der Waals surface area contributed by atoms with Crippen LogP contribution in [-0.4, -0.2) is 45.8 Å². The van der Waals surface area contributed by atoms with Crippen molar-refractivity contribution in [3.8, 4) is 11.5 Å². The molecule has 4 rings (SSSR count). The first-order chi connectivity index (χ1) is 17.4. The number of rotatable bonds is 8. The van der Waals surface area contributed by atoms with Crippen LogP contribution in [0.25, 0.3) is 0 Å². The summed E-state index contributed by atoms with van der Waals surface area (Å²) >= 11 is 6.07. The van der Waals surface area contributed by atoms with Crippen LogP contribution in [0.1, 0.15) is 22.3 Å². The highest BCUT2D eigenvalue weighted by molar-refractivity contribution is 7.92. The van der Waals surface area contributed by atoms with E-state index in [-0.39, 0.29) is 28.1 Å². The highest BCUT2D eigenvalue weighted by Gasteiger charge is 2.25. The molecule has 0 amide bonds. The van der Waals surface area contributed by atoms with Gasteiger partial charge in [0.2, 0.25) is 0 Å². The van der Waals surface area contributed by atoms with Crippen LogP contribution in [0.2, 0.25) is 5.02 Å². The van der Waals surface area contributed by atoms with Gasteiger partial charge in [0.1, 0.15) is 24.2 Å². The SMILES string of the molecule is Cc1ccc2c(c1)O[C@H](COc1ccc(S(=O)(=O)Nc3cc(Cl)cc(CC(=O)O)c3)c(C)c1C)CN2C. The zero-order valence-electron chi connectivity index (χ0n) is 21.0. The number of nitrogens with zero attached hydrogens (tertiary/aromatic N) is 1. The number of aliphatic carboxylic acids is 1. The molecule has 196 valence electrons. The van der Waals surface area contributed by atoms with Crippen molar-refractivity contribution in [3.05, 3.63) is 75.8 Å². The number of sulfonamides is 1. The zero-order chi connectivity index (χ0) is 26.9. The van der Waals surface area contributed by atoms with Gasteiger partial charge < -0.3 is 19.5 Å². The Morgan fingerprint density at radius 2 is 1.89 bits per heavy atom. The Bertz CT molecular complexity index is 1460. The van der Waals surface area contributed by atoms with Gasteiger partial charge in [-0.25, -0.2) is 8.42 Å². The fourth-order valence-corrected chi connectivity index (χ4v) is 5.93. The summed E-state index contributed by atoms with van der Waals surface area (Å²) < 4.78 is 41.1. The number of likely N-dealkylation sites (N-methyl/N-ethyl adjacent to an activating group) is 1. The Morgan fingerprint density at radius 3 is 2.62 bits per heavy atom. The van der Waals surface area contributed by atoms with Gasteiger partial charge in [0.15, 0.2) is 0 Å². The molecule has 0 aromatic heterocycles. The van der Waals surface area contributed by atoms with E-state index in [0.29, 0.717) is 35.6 Å². The van der Waals surface area contributed by atoms with E-state index in [1.165, 1.54) is 24.3 Å². The molecule has 3 aromatic rings. The normalized spacial score (nSPS) is 15.1. The number of nitrogens with one attached hydrogen (secondary N) is 1. The number of hydrogen-bond donors (Lipinski definition) is 2. The van der Waals surface area contributed by atoms with Crippen molar-refractivity contribution in [3.63, 3.8) is 0 Å². The number of ether oxygens (including phenoxy) is 2.